The van der Waals surface area contributed by atoms with E-state index in [9.17, 15) is 4.79 Å². The SMILES string of the molecule is CCc1cc(Br)ccc1-c1ccc(C(=O)O)cc1. The molecule has 2 aromatic rings. The second kappa shape index (κ2) is 5.36. The molecule has 0 saturated carbocycles. The molecule has 3 heteroatoms. The van der Waals surface area contributed by atoms with Crippen LogP contribution in [0.2, 0.25) is 0 Å². The molecule has 2 aromatic carbocycles. The molecule has 0 heterocycles. The minimum atomic E-state index is -0.895. The standard InChI is InChI=1S/C15H13BrO2/c1-2-10-9-13(16)7-8-14(10)11-3-5-12(6-4-11)15(17)18/h3-9H,2H2,1H3,(H,17,18). The van der Waals surface area contributed by atoms with Crippen LogP contribution in [0.25, 0.3) is 11.1 Å². The second-order valence-corrected chi connectivity index (χ2v) is 4.95. The average Bonchev–Trinajstić information content (AvgIpc) is 2.38. The highest BCUT2D eigenvalue weighted by molar-refractivity contribution is 9.10. The highest BCUT2D eigenvalue weighted by atomic mass is 79.9. The lowest BCUT2D eigenvalue weighted by atomic mass is 9.97. The van der Waals surface area contributed by atoms with Gasteiger partial charge < -0.3 is 5.11 Å². The molecule has 18 heavy (non-hydrogen) atoms. The number of carboxylic acids is 1. The molecule has 0 bridgehead atoms. The predicted molar refractivity (Wildman–Crippen MR) is 75.9 cm³/mol. The van der Waals surface area contributed by atoms with Crippen LogP contribution in [0.3, 0.4) is 0 Å². The fourth-order valence-electron chi connectivity index (χ4n) is 1.93. The summed E-state index contributed by atoms with van der Waals surface area (Å²) < 4.78 is 1.06. The van der Waals surface area contributed by atoms with Crippen LogP contribution in [-0.4, -0.2) is 11.1 Å². The Labute approximate surface area is 114 Å². The van der Waals surface area contributed by atoms with Gasteiger partial charge in [0.1, 0.15) is 0 Å². The zero-order valence-electron chi connectivity index (χ0n) is 9.98. The van der Waals surface area contributed by atoms with Crippen LogP contribution in [0.1, 0.15) is 22.8 Å². The molecule has 1 N–H and O–H groups in total. The number of carbonyl (C=O) groups is 1. The van der Waals surface area contributed by atoms with Crippen LogP contribution in [0.5, 0.6) is 0 Å². The third-order valence-corrected chi connectivity index (χ3v) is 3.38. The Balaban J connectivity index is 2.45. The van der Waals surface area contributed by atoms with Gasteiger partial charge in [0.05, 0.1) is 5.56 Å². The molecule has 0 radical (unpaired) electrons. The molecule has 92 valence electrons. The molecule has 0 spiro atoms. The minimum Gasteiger partial charge on any atom is -0.478 e. The molecule has 0 aliphatic rings. The first-order chi connectivity index (χ1) is 8.61. The molecule has 0 fully saturated rings. The van der Waals surface area contributed by atoms with Gasteiger partial charge >= 0.3 is 5.97 Å². The number of halogens is 1. The first kappa shape index (κ1) is 12.8. The van der Waals surface area contributed by atoms with Crippen molar-refractivity contribution in [1.29, 1.82) is 0 Å². The zero-order chi connectivity index (χ0) is 13.1. The maximum atomic E-state index is 10.8. The Morgan fingerprint density at radius 3 is 2.39 bits per heavy atom. The Morgan fingerprint density at radius 2 is 1.83 bits per heavy atom. The van der Waals surface area contributed by atoms with Gasteiger partial charge in [-0.05, 0) is 47.4 Å². The molecular weight excluding hydrogens is 292 g/mol. The summed E-state index contributed by atoms with van der Waals surface area (Å²) in [5.41, 5.74) is 3.75. The lowest BCUT2D eigenvalue weighted by Crippen LogP contribution is -1.95. The maximum absolute atomic E-state index is 10.8. The summed E-state index contributed by atoms with van der Waals surface area (Å²) in [6.07, 6.45) is 0.940. The van der Waals surface area contributed by atoms with E-state index in [1.54, 1.807) is 12.1 Å². The van der Waals surface area contributed by atoms with E-state index >= 15 is 0 Å². The number of hydrogen-bond donors (Lipinski definition) is 1. The number of carboxylic acid groups (broad SMARTS) is 1. The van der Waals surface area contributed by atoms with Crippen LogP contribution in [0.15, 0.2) is 46.9 Å². The van der Waals surface area contributed by atoms with Crippen LogP contribution in [0, 0.1) is 0 Å². The van der Waals surface area contributed by atoms with Crippen LogP contribution in [-0.2, 0) is 6.42 Å². The van der Waals surface area contributed by atoms with Gasteiger partial charge in [0.15, 0.2) is 0 Å². The van der Waals surface area contributed by atoms with Crippen molar-refractivity contribution in [2.24, 2.45) is 0 Å². The van der Waals surface area contributed by atoms with Gasteiger partial charge in [-0.25, -0.2) is 4.79 Å². The van der Waals surface area contributed by atoms with E-state index in [1.165, 1.54) is 5.56 Å². The quantitative estimate of drug-likeness (QED) is 0.914. The number of hydrogen-bond acceptors (Lipinski definition) is 1. The molecular formula is C15H13BrO2. The van der Waals surface area contributed by atoms with Crippen molar-refractivity contribution in [3.8, 4) is 11.1 Å². The van der Waals surface area contributed by atoms with Gasteiger partial charge in [0, 0.05) is 4.47 Å². The molecule has 0 amide bonds. The number of rotatable bonds is 3. The van der Waals surface area contributed by atoms with Crippen molar-refractivity contribution in [3.05, 3.63) is 58.1 Å². The van der Waals surface area contributed by atoms with Crippen molar-refractivity contribution in [2.45, 2.75) is 13.3 Å². The molecule has 0 atom stereocenters. The predicted octanol–water partition coefficient (Wildman–Crippen LogP) is 4.38. The van der Waals surface area contributed by atoms with E-state index in [4.69, 9.17) is 5.11 Å². The second-order valence-electron chi connectivity index (χ2n) is 4.04. The summed E-state index contributed by atoms with van der Waals surface area (Å²) in [6, 6.07) is 13.1. The lowest BCUT2D eigenvalue weighted by molar-refractivity contribution is 0.0697. The number of benzene rings is 2. The topological polar surface area (TPSA) is 37.3 Å². The minimum absolute atomic E-state index is 0.314. The normalized spacial score (nSPS) is 10.3. The zero-order valence-corrected chi connectivity index (χ0v) is 11.6. The summed E-state index contributed by atoms with van der Waals surface area (Å²) in [6.45, 7) is 2.11. The van der Waals surface area contributed by atoms with Crippen molar-refractivity contribution >= 4 is 21.9 Å². The highest BCUT2D eigenvalue weighted by Crippen LogP contribution is 2.27. The monoisotopic (exact) mass is 304 g/mol. The Kier molecular flexibility index (Phi) is 3.82. The van der Waals surface area contributed by atoms with Crippen molar-refractivity contribution in [2.75, 3.05) is 0 Å². The Hall–Kier alpha value is -1.61. The number of aromatic carboxylic acids is 1. The van der Waals surface area contributed by atoms with Crippen LogP contribution < -0.4 is 0 Å². The fraction of sp³-hybridized carbons (Fsp3) is 0.133. The van der Waals surface area contributed by atoms with Crippen LogP contribution in [0.4, 0.5) is 0 Å². The van der Waals surface area contributed by atoms with Crippen molar-refractivity contribution < 1.29 is 9.90 Å². The van der Waals surface area contributed by atoms with Crippen LogP contribution >= 0.6 is 15.9 Å². The molecule has 0 unspecified atom stereocenters. The number of aryl methyl sites for hydroxylation is 1. The van der Waals surface area contributed by atoms with E-state index in [-0.39, 0.29) is 0 Å². The highest BCUT2D eigenvalue weighted by Gasteiger charge is 2.06. The molecule has 0 aliphatic heterocycles. The third kappa shape index (κ3) is 2.62. The summed E-state index contributed by atoms with van der Waals surface area (Å²) in [7, 11) is 0. The molecule has 2 rings (SSSR count). The van der Waals surface area contributed by atoms with Crippen molar-refractivity contribution in [3.63, 3.8) is 0 Å². The fourth-order valence-corrected chi connectivity index (χ4v) is 2.34. The summed E-state index contributed by atoms with van der Waals surface area (Å²) in [4.78, 5) is 10.8. The summed E-state index contributed by atoms with van der Waals surface area (Å²) in [5, 5.41) is 8.88. The van der Waals surface area contributed by atoms with E-state index in [1.807, 2.05) is 18.2 Å². The smallest absolute Gasteiger partial charge is 0.335 e. The molecule has 0 aromatic heterocycles. The largest absolute Gasteiger partial charge is 0.478 e. The first-order valence-electron chi connectivity index (χ1n) is 5.74. The van der Waals surface area contributed by atoms with Gasteiger partial charge in [-0.1, -0.05) is 41.1 Å². The van der Waals surface area contributed by atoms with Gasteiger partial charge in [-0.15, -0.1) is 0 Å². The molecule has 0 aliphatic carbocycles. The first-order valence-corrected chi connectivity index (χ1v) is 6.53. The van der Waals surface area contributed by atoms with E-state index in [0.717, 1.165) is 22.0 Å². The van der Waals surface area contributed by atoms with Gasteiger partial charge in [-0.2, -0.15) is 0 Å². The molecule has 0 saturated heterocycles. The molecule has 2 nitrogen and oxygen atoms in total. The van der Waals surface area contributed by atoms with E-state index < -0.39 is 5.97 Å². The lowest BCUT2D eigenvalue weighted by Gasteiger charge is -2.09. The Morgan fingerprint density at radius 1 is 1.17 bits per heavy atom. The van der Waals surface area contributed by atoms with Crippen molar-refractivity contribution in [1.82, 2.24) is 0 Å². The third-order valence-electron chi connectivity index (χ3n) is 2.89. The van der Waals surface area contributed by atoms with E-state index in [0.29, 0.717) is 5.56 Å². The van der Waals surface area contributed by atoms with Gasteiger partial charge in [0.25, 0.3) is 0 Å². The van der Waals surface area contributed by atoms with E-state index in [2.05, 4.69) is 35.0 Å². The summed E-state index contributed by atoms with van der Waals surface area (Å²) in [5.74, 6) is -0.895. The maximum Gasteiger partial charge on any atom is 0.335 e. The Bertz CT molecular complexity index is 574. The van der Waals surface area contributed by atoms with Gasteiger partial charge in [0.2, 0.25) is 0 Å². The average molecular weight is 305 g/mol. The summed E-state index contributed by atoms with van der Waals surface area (Å²) >= 11 is 3.46. The van der Waals surface area contributed by atoms with Gasteiger partial charge in [-0.3, -0.25) is 0 Å².